The van der Waals surface area contributed by atoms with Crippen LogP contribution in [-0.4, -0.2) is 45.9 Å². The van der Waals surface area contributed by atoms with Gasteiger partial charge in [0.25, 0.3) is 0 Å². The molecular formula is C26H42N4O2. The SMILES string of the molecule is CCCN(CCC)C(=O)Cn1c(CCCCCNC(=O)C(CC)CC)nc2ccccc21. The molecule has 0 atom stereocenters. The summed E-state index contributed by atoms with van der Waals surface area (Å²) in [5, 5.41) is 3.07. The van der Waals surface area contributed by atoms with Gasteiger partial charge in [-0.15, -0.1) is 0 Å². The fourth-order valence-electron chi connectivity index (χ4n) is 4.23. The molecule has 0 aliphatic carbocycles. The standard InChI is InChI=1S/C26H42N4O2/c1-5-18-29(19-6-2)25(31)20-30-23-15-12-11-14-22(23)28-24(30)16-10-9-13-17-27-26(32)21(7-3)8-4/h11-12,14-15,21H,5-10,13,16-20H2,1-4H3,(H,27,32). The lowest BCUT2D eigenvalue weighted by atomic mass is 10.0. The van der Waals surface area contributed by atoms with Crippen LogP contribution in [-0.2, 0) is 22.6 Å². The minimum absolute atomic E-state index is 0.132. The van der Waals surface area contributed by atoms with Crippen molar-refractivity contribution >= 4 is 22.8 Å². The summed E-state index contributed by atoms with van der Waals surface area (Å²) in [7, 11) is 0. The smallest absolute Gasteiger partial charge is 0.242 e. The topological polar surface area (TPSA) is 67.2 Å². The second-order valence-corrected chi connectivity index (χ2v) is 8.60. The second kappa shape index (κ2) is 13.9. The number of nitrogens with one attached hydrogen (secondary N) is 1. The summed E-state index contributed by atoms with van der Waals surface area (Å²) in [6.45, 7) is 11.0. The number of imidazole rings is 1. The van der Waals surface area contributed by atoms with E-state index in [1.807, 2.05) is 23.1 Å². The van der Waals surface area contributed by atoms with E-state index in [1.165, 1.54) is 0 Å². The van der Waals surface area contributed by atoms with Gasteiger partial charge < -0.3 is 14.8 Å². The Hall–Kier alpha value is -2.37. The molecule has 0 radical (unpaired) electrons. The van der Waals surface area contributed by atoms with Crippen LogP contribution in [0.5, 0.6) is 0 Å². The van der Waals surface area contributed by atoms with Crippen molar-refractivity contribution in [2.45, 2.75) is 85.6 Å². The van der Waals surface area contributed by atoms with Gasteiger partial charge in [0.2, 0.25) is 11.8 Å². The second-order valence-electron chi connectivity index (χ2n) is 8.60. The van der Waals surface area contributed by atoms with Crippen molar-refractivity contribution in [1.82, 2.24) is 19.8 Å². The van der Waals surface area contributed by atoms with Gasteiger partial charge in [-0.3, -0.25) is 9.59 Å². The summed E-state index contributed by atoms with van der Waals surface area (Å²) in [4.78, 5) is 31.9. The Morgan fingerprint density at radius 1 is 1.00 bits per heavy atom. The third kappa shape index (κ3) is 7.35. The summed E-state index contributed by atoms with van der Waals surface area (Å²) in [6, 6.07) is 8.07. The molecule has 0 saturated heterocycles. The molecule has 0 aliphatic rings. The van der Waals surface area contributed by atoms with Crippen LogP contribution in [0.1, 0.15) is 78.5 Å². The average Bonchev–Trinajstić information content (AvgIpc) is 3.14. The van der Waals surface area contributed by atoms with Gasteiger partial charge in [-0.2, -0.15) is 0 Å². The minimum Gasteiger partial charge on any atom is -0.356 e. The zero-order chi connectivity index (χ0) is 23.3. The van der Waals surface area contributed by atoms with Crippen LogP contribution in [0.2, 0.25) is 0 Å². The molecule has 2 amide bonds. The molecule has 2 rings (SSSR count). The lowest BCUT2D eigenvalue weighted by Crippen LogP contribution is -2.35. The van der Waals surface area contributed by atoms with E-state index in [2.05, 4.69) is 43.6 Å². The summed E-state index contributed by atoms with van der Waals surface area (Å²) in [5.74, 6) is 1.46. The van der Waals surface area contributed by atoms with Crippen LogP contribution >= 0.6 is 0 Å². The van der Waals surface area contributed by atoms with Crippen LogP contribution in [0.4, 0.5) is 0 Å². The van der Waals surface area contributed by atoms with E-state index in [0.29, 0.717) is 6.54 Å². The van der Waals surface area contributed by atoms with Crippen molar-refractivity contribution in [3.63, 3.8) is 0 Å². The number of carbonyl (C=O) groups is 2. The molecule has 0 spiro atoms. The Bertz CT molecular complexity index is 835. The van der Waals surface area contributed by atoms with Crippen molar-refractivity contribution in [3.8, 4) is 0 Å². The molecule has 0 bridgehead atoms. The highest BCUT2D eigenvalue weighted by Gasteiger charge is 2.17. The number of carbonyl (C=O) groups excluding carboxylic acids is 2. The Morgan fingerprint density at radius 2 is 1.69 bits per heavy atom. The Morgan fingerprint density at radius 3 is 2.34 bits per heavy atom. The molecular weight excluding hydrogens is 400 g/mol. The fraction of sp³-hybridized carbons (Fsp3) is 0.654. The van der Waals surface area contributed by atoms with Gasteiger partial charge in [0.15, 0.2) is 0 Å². The molecule has 0 aliphatic heterocycles. The maximum absolute atomic E-state index is 13.0. The minimum atomic E-state index is 0.132. The van der Waals surface area contributed by atoms with Crippen LogP contribution < -0.4 is 5.32 Å². The number of hydrogen-bond donors (Lipinski definition) is 1. The van der Waals surface area contributed by atoms with E-state index in [9.17, 15) is 9.59 Å². The number of hydrogen-bond acceptors (Lipinski definition) is 3. The Labute approximate surface area is 193 Å². The van der Waals surface area contributed by atoms with Gasteiger partial charge in [0, 0.05) is 32.0 Å². The van der Waals surface area contributed by atoms with E-state index in [0.717, 1.165) is 87.9 Å². The first-order valence-electron chi connectivity index (χ1n) is 12.5. The van der Waals surface area contributed by atoms with Gasteiger partial charge in [-0.05, 0) is 50.7 Å². The van der Waals surface area contributed by atoms with E-state index < -0.39 is 0 Å². The highest BCUT2D eigenvalue weighted by Crippen LogP contribution is 2.18. The van der Waals surface area contributed by atoms with Crippen LogP contribution in [0.25, 0.3) is 11.0 Å². The highest BCUT2D eigenvalue weighted by molar-refractivity contribution is 5.81. The monoisotopic (exact) mass is 442 g/mol. The molecule has 2 aromatic rings. The largest absolute Gasteiger partial charge is 0.356 e. The van der Waals surface area contributed by atoms with Gasteiger partial charge >= 0.3 is 0 Å². The summed E-state index contributed by atoms with van der Waals surface area (Å²) >= 11 is 0. The number of unbranched alkanes of at least 4 members (excludes halogenated alkanes) is 2. The maximum atomic E-state index is 13.0. The number of nitrogens with zero attached hydrogens (tertiary/aromatic N) is 3. The van der Waals surface area contributed by atoms with Gasteiger partial charge in [-0.1, -0.05) is 46.2 Å². The number of rotatable bonds is 15. The van der Waals surface area contributed by atoms with E-state index in [4.69, 9.17) is 4.98 Å². The van der Waals surface area contributed by atoms with E-state index in [-0.39, 0.29) is 17.7 Å². The Kier molecular flexibility index (Phi) is 11.3. The van der Waals surface area contributed by atoms with E-state index >= 15 is 0 Å². The van der Waals surface area contributed by atoms with Crippen LogP contribution in [0, 0.1) is 5.92 Å². The molecule has 32 heavy (non-hydrogen) atoms. The first kappa shape index (κ1) is 25.9. The highest BCUT2D eigenvalue weighted by atomic mass is 16.2. The third-order valence-electron chi connectivity index (χ3n) is 6.10. The summed E-state index contributed by atoms with van der Waals surface area (Å²) in [6.07, 6.45) is 7.55. The van der Waals surface area contributed by atoms with Crippen molar-refractivity contribution in [1.29, 1.82) is 0 Å². The predicted octanol–water partition coefficient (Wildman–Crippen LogP) is 4.95. The quantitative estimate of drug-likeness (QED) is 0.397. The van der Waals surface area contributed by atoms with Gasteiger partial charge in [0.05, 0.1) is 11.0 Å². The van der Waals surface area contributed by atoms with Crippen molar-refractivity contribution < 1.29 is 9.59 Å². The Balaban J connectivity index is 1.95. The summed E-state index contributed by atoms with van der Waals surface area (Å²) in [5.41, 5.74) is 1.98. The molecule has 0 saturated carbocycles. The van der Waals surface area contributed by atoms with Crippen LogP contribution in [0.3, 0.4) is 0 Å². The normalized spacial score (nSPS) is 11.3. The third-order valence-corrected chi connectivity index (χ3v) is 6.10. The van der Waals surface area contributed by atoms with Crippen molar-refractivity contribution in [2.75, 3.05) is 19.6 Å². The van der Waals surface area contributed by atoms with Crippen LogP contribution in [0.15, 0.2) is 24.3 Å². The van der Waals surface area contributed by atoms with Gasteiger partial charge in [0.1, 0.15) is 12.4 Å². The first-order chi connectivity index (χ1) is 15.5. The predicted molar refractivity (Wildman–Crippen MR) is 132 cm³/mol. The number of aromatic nitrogens is 2. The number of para-hydroxylation sites is 2. The molecule has 1 heterocycles. The number of benzene rings is 1. The molecule has 6 nitrogen and oxygen atoms in total. The lowest BCUT2D eigenvalue weighted by molar-refractivity contribution is -0.132. The number of aryl methyl sites for hydroxylation is 1. The fourth-order valence-corrected chi connectivity index (χ4v) is 4.23. The summed E-state index contributed by atoms with van der Waals surface area (Å²) < 4.78 is 2.10. The number of fused-ring (bicyclic) bond motifs is 1. The molecule has 6 heteroatoms. The molecule has 0 fully saturated rings. The first-order valence-corrected chi connectivity index (χ1v) is 12.5. The average molecular weight is 443 g/mol. The zero-order valence-electron chi connectivity index (χ0n) is 20.5. The molecule has 1 aromatic heterocycles. The number of amides is 2. The molecule has 178 valence electrons. The van der Waals surface area contributed by atoms with E-state index in [1.54, 1.807) is 0 Å². The van der Waals surface area contributed by atoms with Gasteiger partial charge in [-0.25, -0.2) is 4.98 Å². The zero-order valence-corrected chi connectivity index (χ0v) is 20.5. The molecule has 1 aromatic carbocycles. The van der Waals surface area contributed by atoms with Crippen molar-refractivity contribution in [3.05, 3.63) is 30.1 Å². The molecule has 0 unspecified atom stereocenters. The maximum Gasteiger partial charge on any atom is 0.242 e. The lowest BCUT2D eigenvalue weighted by Gasteiger charge is -2.22. The molecule has 1 N–H and O–H groups in total. The van der Waals surface area contributed by atoms with Crippen molar-refractivity contribution in [2.24, 2.45) is 5.92 Å².